The smallest absolute Gasteiger partial charge is 0.236 e. The van der Waals surface area contributed by atoms with Crippen LogP contribution in [0.5, 0.6) is 0 Å². The van der Waals surface area contributed by atoms with Crippen molar-refractivity contribution in [2.75, 3.05) is 6.54 Å². The third-order valence-corrected chi connectivity index (χ3v) is 3.28. The van der Waals surface area contributed by atoms with Crippen molar-refractivity contribution in [2.45, 2.75) is 39.3 Å². The third kappa shape index (κ3) is 4.78. The Labute approximate surface area is 117 Å². The lowest BCUT2D eigenvalue weighted by Gasteiger charge is -2.20. The van der Waals surface area contributed by atoms with E-state index in [4.69, 9.17) is 0 Å². The van der Waals surface area contributed by atoms with Gasteiger partial charge in [-0.15, -0.1) is 0 Å². The molecule has 2 N–H and O–H groups in total. The summed E-state index contributed by atoms with van der Waals surface area (Å²) in [7, 11) is 0. The van der Waals surface area contributed by atoms with Crippen LogP contribution in [-0.4, -0.2) is 18.5 Å². The Morgan fingerprint density at radius 3 is 2.72 bits per heavy atom. The Kier molecular flexibility index (Phi) is 6.36. The van der Waals surface area contributed by atoms with E-state index in [-0.39, 0.29) is 18.0 Å². The maximum absolute atomic E-state index is 11.8. The zero-order valence-electron chi connectivity index (χ0n) is 11.2. The Hall–Kier alpha value is -0.870. The first-order valence-corrected chi connectivity index (χ1v) is 7.13. The van der Waals surface area contributed by atoms with Crippen LogP contribution in [0.15, 0.2) is 28.7 Å². The van der Waals surface area contributed by atoms with E-state index in [1.807, 2.05) is 26.0 Å². The highest BCUT2D eigenvalue weighted by Gasteiger charge is 2.15. The molecule has 0 heterocycles. The molecular formula is C14H21BrN2O. The summed E-state index contributed by atoms with van der Waals surface area (Å²) < 4.78 is 1.05. The minimum Gasteiger partial charge on any atom is -0.355 e. The van der Waals surface area contributed by atoms with Crippen LogP contribution in [0.3, 0.4) is 0 Å². The Morgan fingerprint density at radius 2 is 2.11 bits per heavy atom. The van der Waals surface area contributed by atoms with E-state index in [9.17, 15) is 4.79 Å². The highest BCUT2D eigenvalue weighted by Crippen LogP contribution is 2.18. The maximum Gasteiger partial charge on any atom is 0.236 e. The van der Waals surface area contributed by atoms with Gasteiger partial charge in [-0.3, -0.25) is 10.1 Å². The fraction of sp³-hybridized carbons (Fsp3) is 0.500. The number of hydrogen-bond acceptors (Lipinski definition) is 2. The average Bonchev–Trinajstić information content (AvgIpc) is 2.35. The Bertz CT molecular complexity index is 395. The summed E-state index contributed by atoms with van der Waals surface area (Å²) in [5, 5.41) is 6.19. The molecule has 1 aromatic rings. The molecule has 1 amide bonds. The summed E-state index contributed by atoms with van der Waals surface area (Å²) in [6.45, 7) is 6.73. The lowest BCUT2D eigenvalue weighted by Crippen LogP contribution is -2.43. The van der Waals surface area contributed by atoms with Gasteiger partial charge in [0.15, 0.2) is 0 Å². The molecule has 18 heavy (non-hydrogen) atoms. The highest BCUT2D eigenvalue weighted by molar-refractivity contribution is 9.10. The van der Waals surface area contributed by atoms with E-state index in [1.165, 1.54) is 5.56 Å². The minimum atomic E-state index is -0.189. The topological polar surface area (TPSA) is 41.1 Å². The zero-order chi connectivity index (χ0) is 13.5. The number of carbonyl (C=O) groups excluding carboxylic acids is 1. The molecule has 0 saturated carbocycles. The first kappa shape index (κ1) is 15.2. The molecule has 1 rings (SSSR count). The van der Waals surface area contributed by atoms with Crippen LogP contribution in [0, 0.1) is 0 Å². The first-order chi connectivity index (χ1) is 8.54. The minimum absolute atomic E-state index is 0.0543. The molecule has 0 aliphatic heterocycles. The summed E-state index contributed by atoms with van der Waals surface area (Å²) in [6.07, 6.45) is 0.958. The second-order valence-electron chi connectivity index (χ2n) is 4.46. The standard InChI is InChI=1S/C14H21BrN2O/c1-4-8-16-14(18)11(3)17-10(2)12-6-5-7-13(15)9-12/h5-7,9-11,17H,4,8H2,1-3H3,(H,16,18)/t10-,11?/m1/s1. The Morgan fingerprint density at radius 1 is 1.39 bits per heavy atom. The van der Waals surface area contributed by atoms with Crippen molar-refractivity contribution in [1.29, 1.82) is 0 Å². The van der Waals surface area contributed by atoms with Crippen molar-refractivity contribution < 1.29 is 4.79 Å². The molecular weight excluding hydrogens is 292 g/mol. The average molecular weight is 313 g/mol. The molecule has 0 aliphatic carbocycles. The molecule has 1 aromatic carbocycles. The molecule has 0 aromatic heterocycles. The molecule has 0 saturated heterocycles. The van der Waals surface area contributed by atoms with Gasteiger partial charge in [0, 0.05) is 17.1 Å². The molecule has 4 heteroatoms. The molecule has 1 unspecified atom stereocenters. The summed E-state index contributed by atoms with van der Waals surface area (Å²) in [5.41, 5.74) is 1.17. The van der Waals surface area contributed by atoms with Gasteiger partial charge in [-0.25, -0.2) is 0 Å². The lowest BCUT2D eigenvalue weighted by molar-refractivity contribution is -0.122. The normalized spacial score (nSPS) is 14.0. The van der Waals surface area contributed by atoms with E-state index in [0.717, 1.165) is 17.4 Å². The zero-order valence-corrected chi connectivity index (χ0v) is 12.8. The van der Waals surface area contributed by atoms with Crippen molar-refractivity contribution in [3.8, 4) is 0 Å². The number of amides is 1. The largest absolute Gasteiger partial charge is 0.355 e. The number of nitrogens with one attached hydrogen (secondary N) is 2. The Balaban J connectivity index is 2.53. The number of rotatable bonds is 6. The van der Waals surface area contributed by atoms with Crippen molar-refractivity contribution in [1.82, 2.24) is 10.6 Å². The van der Waals surface area contributed by atoms with Crippen molar-refractivity contribution >= 4 is 21.8 Å². The van der Waals surface area contributed by atoms with Crippen LogP contribution in [0.1, 0.15) is 38.8 Å². The predicted octanol–water partition coefficient (Wildman–Crippen LogP) is 3.01. The second-order valence-corrected chi connectivity index (χ2v) is 5.37. The van der Waals surface area contributed by atoms with Crippen LogP contribution in [0.2, 0.25) is 0 Å². The number of carbonyl (C=O) groups is 1. The number of hydrogen-bond donors (Lipinski definition) is 2. The highest BCUT2D eigenvalue weighted by atomic mass is 79.9. The van der Waals surface area contributed by atoms with Gasteiger partial charge in [-0.05, 0) is 38.0 Å². The predicted molar refractivity (Wildman–Crippen MR) is 78.5 cm³/mol. The van der Waals surface area contributed by atoms with Crippen molar-refractivity contribution in [3.05, 3.63) is 34.3 Å². The summed E-state index contributed by atoms with van der Waals surface area (Å²) >= 11 is 3.45. The van der Waals surface area contributed by atoms with Crippen molar-refractivity contribution in [3.63, 3.8) is 0 Å². The SMILES string of the molecule is CCCNC(=O)C(C)N[C@H](C)c1cccc(Br)c1. The van der Waals surface area contributed by atoms with Gasteiger partial charge in [0.25, 0.3) is 0 Å². The monoisotopic (exact) mass is 312 g/mol. The van der Waals surface area contributed by atoms with E-state index in [1.54, 1.807) is 0 Å². The molecule has 0 bridgehead atoms. The summed E-state index contributed by atoms with van der Waals surface area (Å²) in [5.74, 6) is 0.0543. The van der Waals surface area contributed by atoms with Crippen LogP contribution >= 0.6 is 15.9 Å². The van der Waals surface area contributed by atoms with Crippen LogP contribution in [-0.2, 0) is 4.79 Å². The molecule has 100 valence electrons. The summed E-state index contributed by atoms with van der Waals surface area (Å²) in [6, 6.07) is 8.07. The van der Waals surface area contributed by atoms with Crippen LogP contribution in [0.25, 0.3) is 0 Å². The molecule has 2 atom stereocenters. The molecule has 3 nitrogen and oxygen atoms in total. The first-order valence-electron chi connectivity index (χ1n) is 6.33. The van der Waals surface area contributed by atoms with E-state index in [2.05, 4.69) is 45.6 Å². The van der Waals surface area contributed by atoms with E-state index >= 15 is 0 Å². The molecule has 0 radical (unpaired) electrons. The number of halogens is 1. The fourth-order valence-electron chi connectivity index (χ4n) is 1.72. The van der Waals surface area contributed by atoms with Gasteiger partial charge in [0.2, 0.25) is 5.91 Å². The fourth-order valence-corrected chi connectivity index (χ4v) is 2.14. The summed E-state index contributed by atoms with van der Waals surface area (Å²) in [4.78, 5) is 11.8. The number of benzene rings is 1. The van der Waals surface area contributed by atoms with E-state index < -0.39 is 0 Å². The van der Waals surface area contributed by atoms with Crippen LogP contribution in [0.4, 0.5) is 0 Å². The second kappa shape index (κ2) is 7.54. The van der Waals surface area contributed by atoms with Crippen LogP contribution < -0.4 is 10.6 Å². The molecule has 0 aliphatic rings. The van der Waals surface area contributed by atoms with Gasteiger partial charge in [0.1, 0.15) is 0 Å². The van der Waals surface area contributed by atoms with Crippen molar-refractivity contribution in [2.24, 2.45) is 0 Å². The quantitative estimate of drug-likeness (QED) is 0.847. The van der Waals surface area contributed by atoms with Gasteiger partial charge >= 0.3 is 0 Å². The lowest BCUT2D eigenvalue weighted by atomic mass is 10.1. The molecule has 0 fully saturated rings. The van der Waals surface area contributed by atoms with Gasteiger partial charge < -0.3 is 5.32 Å². The van der Waals surface area contributed by atoms with E-state index in [0.29, 0.717) is 0 Å². The van der Waals surface area contributed by atoms with Gasteiger partial charge in [-0.2, -0.15) is 0 Å². The third-order valence-electron chi connectivity index (χ3n) is 2.79. The van der Waals surface area contributed by atoms with Gasteiger partial charge in [0.05, 0.1) is 6.04 Å². The van der Waals surface area contributed by atoms with Gasteiger partial charge in [-0.1, -0.05) is 35.0 Å². The maximum atomic E-state index is 11.8. The molecule has 0 spiro atoms.